The van der Waals surface area contributed by atoms with Gasteiger partial charge in [0.2, 0.25) is 0 Å². The van der Waals surface area contributed by atoms with Crippen LogP contribution in [-0.2, 0) is 14.3 Å². The van der Waals surface area contributed by atoms with Crippen LogP contribution in [0.1, 0.15) is 35.7 Å². The smallest absolute Gasteiger partial charge is 0.387 e. The Bertz CT molecular complexity index is 1090. The highest BCUT2D eigenvalue weighted by molar-refractivity contribution is 5.96. The van der Waals surface area contributed by atoms with E-state index in [2.05, 4.69) is 19.9 Å². The summed E-state index contributed by atoms with van der Waals surface area (Å²) in [7, 11) is 1.46. The Morgan fingerprint density at radius 1 is 1.14 bits per heavy atom. The molecule has 186 valence electrons. The van der Waals surface area contributed by atoms with E-state index in [0.29, 0.717) is 29.3 Å². The van der Waals surface area contributed by atoms with Gasteiger partial charge in [-0.25, -0.2) is 5.01 Å². The van der Waals surface area contributed by atoms with Gasteiger partial charge in [-0.05, 0) is 66.8 Å². The van der Waals surface area contributed by atoms with Crippen molar-refractivity contribution in [2.24, 2.45) is 11.0 Å². The van der Waals surface area contributed by atoms with Crippen LogP contribution in [0, 0.1) is 5.92 Å². The second-order valence-electron chi connectivity index (χ2n) is 7.82. The zero-order valence-corrected chi connectivity index (χ0v) is 19.2. The first kappa shape index (κ1) is 25.6. The van der Waals surface area contributed by atoms with Gasteiger partial charge in [0.15, 0.2) is 18.1 Å². The van der Waals surface area contributed by atoms with Gasteiger partial charge >= 0.3 is 12.6 Å². The van der Waals surface area contributed by atoms with E-state index in [1.807, 2.05) is 0 Å². The van der Waals surface area contributed by atoms with Crippen molar-refractivity contribution in [3.63, 3.8) is 0 Å². The van der Waals surface area contributed by atoms with Crippen LogP contribution in [0.25, 0.3) is 0 Å². The molecule has 2 aromatic rings. The standard InChI is InChI=1S/C24H25F2N3O6/c1-15(30)33-14-22(31)28-19-8-6-18(7-9-19)23(32)29(2)27-12-17-5-10-20(35-24(25)26)21(11-17)34-13-16-3-4-16/h5-12,16,24H,3-4,13-14H2,1-2H3,(H,28,31). The van der Waals surface area contributed by atoms with Crippen molar-refractivity contribution in [2.45, 2.75) is 26.4 Å². The van der Waals surface area contributed by atoms with Crippen LogP contribution in [0.3, 0.4) is 0 Å². The Kier molecular flexibility index (Phi) is 8.71. The van der Waals surface area contributed by atoms with Crippen molar-refractivity contribution in [1.82, 2.24) is 5.01 Å². The van der Waals surface area contributed by atoms with Crippen LogP contribution in [0.5, 0.6) is 11.5 Å². The van der Waals surface area contributed by atoms with Gasteiger partial charge in [-0.3, -0.25) is 14.4 Å². The summed E-state index contributed by atoms with van der Waals surface area (Å²) >= 11 is 0. The summed E-state index contributed by atoms with van der Waals surface area (Å²) in [5.41, 5.74) is 1.27. The number of benzene rings is 2. The van der Waals surface area contributed by atoms with Gasteiger partial charge in [0.25, 0.3) is 11.8 Å². The van der Waals surface area contributed by atoms with Crippen molar-refractivity contribution in [3.8, 4) is 11.5 Å². The molecule has 0 bridgehead atoms. The molecule has 1 saturated carbocycles. The molecule has 3 rings (SSSR count). The Hall–Kier alpha value is -4.02. The summed E-state index contributed by atoms with van der Waals surface area (Å²) in [5, 5.41) is 7.77. The van der Waals surface area contributed by atoms with Crippen LogP contribution in [0.15, 0.2) is 47.6 Å². The number of rotatable bonds is 11. The lowest BCUT2D eigenvalue weighted by Crippen LogP contribution is -2.22. The second-order valence-corrected chi connectivity index (χ2v) is 7.82. The predicted molar refractivity (Wildman–Crippen MR) is 123 cm³/mol. The summed E-state index contributed by atoms with van der Waals surface area (Å²) in [5.74, 6) is -0.953. The highest BCUT2D eigenvalue weighted by Gasteiger charge is 2.23. The molecular weight excluding hydrogens is 464 g/mol. The summed E-state index contributed by atoms with van der Waals surface area (Å²) in [6, 6.07) is 10.5. The van der Waals surface area contributed by atoms with Crippen LogP contribution >= 0.6 is 0 Å². The molecule has 0 atom stereocenters. The van der Waals surface area contributed by atoms with E-state index in [4.69, 9.17) is 4.74 Å². The maximum atomic E-state index is 12.7. The number of halogens is 2. The largest absolute Gasteiger partial charge is 0.489 e. The first-order valence-corrected chi connectivity index (χ1v) is 10.8. The molecule has 0 heterocycles. The average Bonchev–Trinajstić information content (AvgIpc) is 3.65. The Labute approximate surface area is 200 Å². The van der Waals surface area contributed by atoms with E-state index in [0.717, 1.165) is 17.9 Å². The van der Waals surface area contributed by atoms with Gasteiger partial charge in [-0.2, -0.15) is 13.9 Å². The normalized spacial score (nSPS) is 12.9. The highest BCUT2D eigenvalue weighted by atomic mass is 19.3. The molecule has 11 heteroatoms. The van der Waals surface area contributed by atoms with E-state index in [9.17, 15) is 23.2 Å². The number of carbonyl (C=O) groups excluding carboxylic acids is 3. The van der Waals surface area contributed by atoms with E-state index < -0.39 is 31.0 Å². The van der Waals surface area contributed by atoms with E-state index in [1.54, 1.807) is 0 Å². The topological polar surface area (TPSA) is 107 Å². The number of esters is 1. The zero-order valence-electron chi connectivity index (χ0n) is 19.2. The molecular formula is C24H25F2N3O6. The third-order valence-electron chi connectivity index (χ3n) is 4.85. The summed E-state index contributed by atoms with van der Waals surface area (Å²) in [6.07, 6.45) is 3.49. The first-order chi connectivity index (χ1) is 16.7. The number of carbonyl (C=O) groups is 3. The molecule has 1 aliphatic rings. The first-order valence-electron chi connectivity index (χ1n) is 10.8. The maximum Gasteiger partial charge on any atom is 0.387 e. The van der Waals surface area contributed by atoms with Gasteiger partial charge in [0.05, 0.1) is 12.8 Å². The fourth-order valence-corrected chi connectivity index (χ4v) is 2.86. The molecule has 1 aliphatic carbocycles. The number of hydrazone groups is 1. The Morgan fingerprint density at radius 3 is 2.49 bits per heavy atom. The second kappa shape index (κ2) is 11.9. The lowest BCUT2D eigenvalue weighted by Gasteiger charge is -2.13. The monoisotopic (exact) mass is 489 g/mol. The SMILES string of the molecule is CC(=O)OCC(=O)Nc1ccc(C(=O)N(C)N=Cc2ccc(OC(F)F)c(OCC3CC3)c2)cc1. The van der Waals surface area contributed by atoms with Gasteiger partial charge in [0, 0.05) is 25.2 Å². The fraction of sp³-hybridized carbons (Fsp3) is 0.333. The lowest BCUT2D eigenvalue weighted by atomic mass is 10.2. The molecule has 0 aliphatic heterocycles. The van der Waals surface area contributed by atoms with Crippen molar-refractivity contribution >= 4 is 29.7 Å². The molecule has 1 fully saturated rings. The number of nitrogens with one attached hydrogen (secondary N) is 1. The van der Waals surface area contributed by atoms with E-state index in [1.165, 1.54) is 62.7 Å². The van der Waals surface area contributed by atoms with Crippen molar-refractivity contribution in [2.75, 3.05) is 25.6 Å². The number of amides is 2. The maximum absolute atomic E-state index is 12.7. The summed E-state index contributed by atoms with van der Waals surface area (Å²) in [4.78, 5) is 35.1. The minimum absolute atomic E-state index is 0.0673. The minimum Gasteiger partial charge on any atom is -0.489 e. The van der Waals surface area contributed by atoms with E-state index >= 15 is 0 Å². The molecule has 35 heavy (non-hydrogen) atoms. The molecule has 0 saturated heterocycles. The molecule has 0 unspecified atom stereocenters. The molecule has 2 amide bonds. The molecule has 0 radical (unpaired) electrons. The van der Waals surface area contributed by atoms with Gasteiger partial charge < -0.3 is 19.5 Å². The third-order valence-corrected chi connectivity index (χ3v) is 4.85. The molecule has 9 nitrogen and oxygen atoms in total. The number of hydrogen-bond donors (Lipinski definition) is 1. The van der Waals surface area contributed by atoms with Crippen LogP contribution in [0.4, 0.5) is 14.5 Å². The van der Waals surface area contributed by atoms with Gasteiger partial charge in [-0.1, -0.05) is 0 Å². The number of alkyl halides is 2. The molecule has 2 aromatic carbocycles. The van der Waals surface area contributed by atoms with Crippen LogP contribution < -0.4 is 14.8 Å². The lowest BCUT2D eigenvalue weighted by molar-refractivity contribution is -0.144. The third kappa shape index (κ3) is 8.36. The average molecular weight is 489 g/mol. The van der Waals surface area contributed by atoms with Crippen molar-refractivity contribution in [3.05, 3.63) is 53.6 Å². The number of anilines is 1. The molecule has 1 N–H and O–H groups in total. The van der Waals surface area contributed by atoms with Gasteiger partial charge in [0.1, 0.15) is 0 Å². The van der Waals surface area contributed by atoms with Crippen LogP contribution in [0.2, 0.25) is 0 Å². The Balaban J connectivity index is 1.61. The van der Waals surface area contributed by atoms with E-state index in [-0.39, 0.29) is 11.5 Å². The number of ether oxygens (including phenoxy) is 3. The summed E-state index contributed by atoms with van der Waals surface area (Å²) in [6.45, 7) is -1.77. The number of nitrogens with zero attached hydrogens (tertiary/aromatic N) is 2. The van der Waals surface area contributed by atoms with Crippen molar-refractivity contribution in [1.29, 1.82) is 0 Å². The quantitative estimate of drug-likeness (QED) is 0.293. The minimum atomic E-state index is -2.98. The zero-order chi connectivity index (χ0) is 25.4. The molecule has 0 spiro atoms. The highest BCUT2D eigenvalue weighted by Crippen LogP contribution is 2.34. The Morgan fingerprint density at radius 2 is 1.86 bits per heavy atom. The van der Waals surface area contributed by atoms with Crippen molar-refractivity contribution < 1.29 is 37.4 Å². The fourth-order valence-electron chi connectivity index (χ4n) is 2.86. The van der Waals surface area contributed by atoms with Crippen LogP contribution in [-0.4, -0.2) is 55.9 Å². The number of hydrogen-bond acceptors (Lipinski definition) is 7. The molecule has 0 aromatic heterocycles. The summed E-state index contributed by atoms with van der Waals surface area (Å²) < 4.78 is 40.1. The predicted octanol–water partition coefficient (Wildman–Crippen LogP) is 3.68. The van der Waals surface area contributed by atoms with Gasteiger partial charge in [-0.15, -0.1) is 0 Å².